The maximum Gasteiger partial charge on any atom is 0.384 e. The molecule has 1 N–H and O–H groups in total. The molecule has 0 spiro atoms. The molecule has 0 aromatic heterocycles. The molecule has 28 heavy (non-hydrogen) atoms. The topological polar surface area (TPSA) is 95.8 Å². The van der Waals surface area contributed by atoms with Crippen LogP contribution in [0.4, 0.5) is 0 Å². The molecule has 2 heterocycles. The number of carbonyl (C=O) groups excluding carboxylic acids is 1. The summed E-state index contributed by atoms with van der Waals surface area (Å²) in [6.45, 7) is 3.80. The van der Waals surface area contributed by atoms with Gasteiger partial charge in [-0.05, 0) is 19.4 Å². The van der Waals surface area contributed by atoms with E-state index in [9.17, 15) is 9.90 Å². The van der Waals surface area contributed by atoms with Gasteiger partial charge in [0.1, 0.15) is 18.4 Å². The van der Waals surface area contributed by atoms with Gasteiger partial charge in [-0.25, -0.2) is 4.79 Å². The minimum atomic E-state index is -1.04. The Kier molecular flexibility index (Phi) is 6.31. The first-order chi connectivity index (χ1) is 13.4. The summed E-state index contributed by atoms with van der Waals surface area (Å²) in [5, 5.41) is 14.7. The largest absolute Gasteiger partial charge is 0.459 e. The summed E-state index contributed by atoms with van der Waals surface area (Å²) in [6, 6.07) is 9.56. The van der Waals surface area contributed by atoms with Gasteiger partial charge in [0.15, 0.2) is 18.2 Å². The molecule has 0 unspecified atom stereocenters. The number of carbonyl (C=O) groups is 1. The fourth-order valence-electron chi connectivity index (χ4n) is 2.94. The maximum atomic E-state index is 11.1. The van der Waals surface area contributed by atoms with Crippen molar-refractivity contribution in [2.45, 2.75) is 57.3 Å². The number of hydrogen-bond acceptors (Lipinski definition) is 8. The normalized spacial score (nSPS) is 27.6. The quantitative estimate of drug-likeness (QED) is 0.352. The van der Waals surface area contributed by atoms with Crippen molar-refractivity contribution in [2.24, 2.45) is 5.16 Å². The summed E-state index contributed by atoms with van der Waals surface area (Å²) < 4.78 is 21.8. The molecular weight excluding hydrogens is 366 g/mol. The minimum Gasteiger partial charge on any atom is -0.459 e. The Balaban J connectivity index is 1.71. The number of methoxy groups -OCH3 is 1. The molecule has 150 valence electrons. The zero-order valence-electron chi connectivity index (χ0n) is 16.0. The molecule has 2 aliphatic heterocycles. The SMILES string of the molecule is COC(=O)C#CC[C@@H](O)[C@H]1O[C@@H]2OC(C)(C)O[C@@H]2/C1=N/OCc1ccccc1. The molecule has 2 saturated heterocycles. The summed E-state index contributed by atoms with van der Waals surface area (Å²) in [4.78, 5) is 16.6. The van der Waals surface area contributed by atoms with Gasteiger partial charge in [0.05, 0.1) is 13.2 Å². The Morgan fingerprint density at radius 2 is 2.07 bits per heavy atom. The van der Waals surface area contributed by atoms with Crippen LogP contribution in [-0.2, 0) is 35.2 Å². The molecule has 0 aliphatic carbocycles. The summed E-state index contributed by atoms with van der Waals surface area (Å²) in [5.41, 5.74) is 1.34. The highest BCUT2D eigenvalue weighted by Crippen LogP contribution is 2.37. The van der Waals surface area contributed by atoms with Gasteiger partial charge in [-0.2, -0.15) is 0 Å². The van der Waals surface area contributed by atoms with Gasteiger partial charge in [-0.1, -0.05) is 41.4 Å². The van der Waals surface area contributed by atoms with Crippen LogP contribution in [0.25, 0.3) is 0 Å². The van der Waals surface area contributed by atoms with E-state index in [1.807, 2.05) is 30.3 Å². The van der Waals surface area contributed by atoms with Crippen molar-refractivity contribution >= 4 is 11.7 Å². The zero-order valence-corrected chi connectivity index (χ0v) is 16.0. The summed E-state index contributed by atoms with van der Waals surface area (Å²) in [5.74, 6) is 3.32. The lowest BCUT2D eigenvalue weighted by Gasteiger charge is -2.22. The molecule has 2 fully saturated rings. The molecule has 0 radical (unpaired) electrons. The third kappa shape index (κ3) is 4.88. The van der Waals surface area contributed by atoms with E-state index in [0.29, 0.717) is 5.71 Å². The molecule has 0 saturated carbocycles. The lowest BCUT2D eigenvalue weighted by atomic mass is 10.0. The average molecular weight is 389 g/mol. The van der Waals surface area contributed by atoms with E-state index in [1.54, 1.807) is 13.8 Å². The Bertz CT molecular complexity index is 781. The van der Waals surface area contributed by atoms with Gasteiger partial charge in [-0.15, -0.1) is 0 Å². The van der Waals surface area contributed by atoms with Gasteiger partial charge in [0.2, 0.25) is 0 Å². The summed E-state index contributed by atoms with van der Waals surface area (Å²) >= 11 is 0. The van der Waals surface area contributed by atoms with E-state index in [0.717, 1.165) is 5.56 Å². The minimum absolute atomic E-state index is 0.0136. The molecule has 3 rings (SSSR count). The maximum absolute atomic E-state index is 11.1. The fraction of sp³-hybridized carbons (Fsp3) is 0.500. The van der Waals surface area contributed by atoms with E-state index < -0.39 is 36.4 Å². The zero-order chi connectivity index (χ0) is 20.1. The van der Waals surface area contributed by atoms with Crippen LogP contribution in [0.3, 0.4) is 0 Å². The first-order valence-corrected chi connectivity index (χ1v) is 8.89. The number of aliphatic hydroxyl groups is 1. The number of fused-ring (bicyclic) bond motifs is 1. The lowest BCUT2D eigenvalue weighted by Crippen LogP contribution is -2.37. The number of oxime groups is 1. The van der Waals surface area contributed by atoms with Crippen LogP contribution in [0.15, 0.2) is 35.5 Å². The van der Waals surface area contributed by atoms with Crippen molar-refractivity contribution in [3.63, 3.8) is 0 Å². The van der Waals surface area contributed by atoms with E-state index in [-0.39, 0.29) is 13.0 Å². The van der Waals surface area contributed by atoms with E-state index in [2.05, 4.69) is 21.7 Å². The standard InChI is InChI=1S/C20H23NO7/c1-20(2)27-18-16(21-25-12-13-8-5-4-6-9-13)17(26-19(18)28-20)14(22)10-7-11-15(23)24-3/h4-6,8-9,14,17-19,22H,10,12H2,1-3H3/b21-16+/t14-,17-,18-,19-/m1/s1. The molecule has 2 aliphatic rings. The van der Waals surface area contributed by atoms with E-state index >= 15 is 0 Å². The second-order valence-electron chi connectivity index (χ2n) is 6.82. The number of benzene rings is 1. The predicted octanol–water partition coefficient (Wildman–Crippen LogP) is 1.36. The molecule has 0 bridgehead atoms. The number of ether oxygens (including phenoxy) is 4. The van der Waals surface area contributed by atoms with Crippen LogP contribution in [0.1, 0.15) is 25.8 Å². The Labute approximate surface area is 163 Å². The lowest BCUT2D eigenvalue weighted by molar-refractivity contribution is -0.204. The second kappa shape index (κ2) is 8.71. The second-order valence-corrected chi connectivity index (χ2v) is 6.82. The Morgan fingerprint density at radius 3 is 2.79 bits per heavy atom. The highest BCUT2D eigenvalue weighted by molar-refractivity contribution is 5.95. The molecule has 1 aromatic carbocycles. The monoisotopic (exact) mass is 389 g/mol. The predicted molar refractivity (Wildman–Crippen MR) is 97.8 cm³/mol. The molecule has 8 heteroatoms. The average Bonchev–Trinajstić information content (AvgIpc) is 3.14. The van der Waals surface area contributed by atoms with Gasteiger partial charge in [-0.3, -0.25) is 0 Å². The van der Waals surface area contributed by atoms with Crippen LogP contribution in [-0.4, -0.2) is 54.3 Å². The number of nitrogens with zero attached hydrogens (tertiary/aromatic N) is 1. The van der Waals surface area contributed by atoms with Gasteiger partial charge in [0.25, 0.3) is 0 Å². The Hall–Kier alpha value is -2.44. The molecule has 1 aromatic rings. The number of rotatable bonds is 5. The van der Waals surface area contributed by atoms with Gasteiger partial charge >= 0.3 is 5.97 Å². The third-order valence-corrected chi connectivity index (χ3v) is 4.20. The first-order valence-electron chi connectivity index (χ1n) is 8.89. The third-order valence-electron chi connectivity index (χ3n) is 4.20. The Morgan fingerprint density at radius 1 is 1.32 bits per heavy atom. The number of aliphatic hydroxyl groups excluding tert-OH is 1. The van der Waals surface area contributed by atoms with E-state index in [4.69, 9.17) is 19.0 Å². The van der Waals surface area contributed by atoms with Crippen molar-refractivity contribution in [2.75, 3.05) is 7.11 Å². The van der Waals surface area contributed by atoms with Crippen molar-refractivity contribution < 1.29 is 33.7 Å². The number of hydrogen-bond donors (Lipinski definition) is 1. The molecule has 8 nitrogen and oxygen atoms in total. The van der Waals surface area contributed by atoms with Crippen LogP contribution >= 0.6 is 0 Å². The van der Waals surface area contributed by atoms with Crippen LogP contribution < -0.4 is 0 Å². The van der Waals surface area contributed by atoms with Crippen LogP contribution in [0, 0.1) is 11.8 Å². The van der Waals surface area contributed by atoms with E-state index in [1.165, 1.54) is 7.11 Å². The van der Waals surface area contributed by atoms with Crippen LogP contribution in [0.2, 0.25) is 0 Å². The van der Waals surface area contributed by atoms with Crippen molar-refractivity contribution in [1.29, 1.82) is 0 Å². The highest BCUT2D eigenvalue weighted by Gasteiger charge is 2.54. The van der Waals surface area contributed by atoms with Gasteiger partial charge in [0, 0.05) is 12.3 Å². The van der Waals surface area contributed by atoms with Crippen molar-refractivity contribution in [3.8, 4) is 11.8 Å². The summed E-state index contributed by atoms with van der Waals surface area (Å²) in [7, 11) is 1.24. The van der Waals surface area contributed by atoms with Crippen LogP contribution in [0.5, 0.6) is 0 Å². The molecular formula is C20H23NO7. The highest BCUT2D eigenvalue weighted by atomic mass is 16.8. The smallest absolute Gasteiger partial charge is 0.384 e. The van der Waals surface area contributed by atoms with Crippen molar-refractivity contribution in [3.05, 3.63) is 35.9 Å². The first kappa shape index (κ1) is 20.3. The fourth-order valence-corrected chi connectivity index (χ4v) is 2.94. The summed E-state index contributed by atoms with van der Waals surface area (Å²) in [6.07, 6.45) is -3.19. The van der Waals surface area contributed by atoms with Crippen molar-refractivity contribution in [1.82, 2.24) is 0 Å². The van der Waals surface area contributed by atoms with Gasteiger partial charge < -0.3 is 28.9 Å². The molecule has 0 amide bonds. The molecule has 4 atom stereocenters. The number of esters is 1.